The molecule has 0 saturated heterocycles. The molecule has 1 N–H and O–H groups in total. The molecule has 19 heavy (non-hydrogen) atoms. The van der Waals surface area contributed by atoms with Crippen LogP contribution in [0, 0.1) is 12.8 Å². The lowest BCUT2D eigenvalue weighted by atomic mass is 10.2. The fraction of sp³-hybridized carbons (Fsp3) is 0.750. The fourth-order valence-electron chi connectivity index (χ4n) is 2.72. The van der Waals surface area contributed by atoms with E-state index >= 15 is 0 Å². The Hall–Kier alpha value is -0.800. The molecule has 0 bridgehead atoms. The van der Waals surface area contributed by atoms with Gasteiger partial charge in [-0.05, 0) is 51.1 Å². The van der Waals surface area contributed by atoms with Crippen molar-refractivity contribution in [3.8, 4) is 0 Å². The molecule has 1 aromatic rings. The summed E-state index contributed by atoms with van der Waals surface area (Å²) in [5, 5.41) is 3.38. The summed E-state index contributed by atoms with van der Waals surface area (Å²) < 4.78 is 5.94. The topological polar surface area (TPSA) is 28.4 Å². The summed E-state index contributed by atoms with van der Waals surface area (Å²) in [5.74, 6) is 3.20. The van der Waals surface area contributed by atoms with Crippen molar-refractivity contribution in [3.63, 3.8) is 0 Å². The van der Waals surface area contributed by atoms with Gasteiger partial charge in [-0.15, -0.1) is 0 Å². The number of furan rings is 1. The van der Waals surface area contributed by atoms with Gasteiger partial charge in [0.05, 0.1) is 6.54 Å². The van der Waals surface area contributed by atoms with E-state index in [0.717, 1.165) is 43.1 Å². The van der Waals surface area contributed by atoms with E-state index in [4.69, 9.17) is 4.42 Å². The van der Waals surface area contributed by atoms with Crippen LogP contribution in [-0.4, -0.2) is 24.0 Å². The Morgan fingerprint density at radius 2 is 2.11 bits per heavy atom. The van der Waals surface area contributed by atoms with E-state index in [1.165, 1.54) is 37.8 Å². The Balaban J connectivity index is 1.60. The highest BCUT2D eigenvalue weighted by atomic mass is 16.3. The molecule has 0 unspecified atom stereocenters. The summed E-state index contributed by atoms with van der Waals surface area (Å²) in [6.45, 7) is 8.45. The van der Waals surface area contributed by atoms with Crippen LogP contribution in [0.2, 0.25) is 0 Å². The van der Waals surface area contributed by atoms with Crippen LogP contribution in [0.15, 0.2) is 10.5 Å². The zero-order chi connectivity index (χ0) is 13.2. The highest BCUT2D eigenvalue weighted by molar-refractivity contribution is 5.20. The molecule has 3 rings (SSSR count). The minimum absolute atomic E-state index is 0.836. The van der Waals surface area contributed by atoms with Crippen LogP contribution in [-0.2, 0) is 13.1 Å². The van der Waals surface area contributed by atoms with E-state index in [9.17, 15) is 0 Å². The normalized spacial score (nSPS) is 19.3. The first-order valence-corrected chi connectivity index (χ1v) is 7.79. The summed E-state index contributed by atoms with van der Waals surface area (Å²) in [5.41, 5.74) is 1.32. The molecule has 2 aliphatic carbocycles. The average molecular weight is 262 g/mol. The Kier molecular flexibility index (Phi) is 3.94. The zero-order valence-corrected chi connectivity index (χ0v) is 12.2. The standard InChI is InChI=1S/C16H26N2O/c1-3-17-9-14-8-16(19-12(14)2)11-18(15-6-7-15)10-13-4-5-13/h8,13,15,17H,3-7,9-11H2,1-2H3. The second kappa shape index (κ2) is 5.68. The lowest BCUT2D eigenvalue weighted by Gasteiger charge is -2.20. The molecule has 0 radical (unpaired) electrons. The number of hydrogen-bond donors (Lipinski definition) is 1. The Labute approximate surface area is 116 Å². The van der Waals surface area contributed by atoms with Gasteiger partial charge in [-0.2, -0.15) is 0 Å². The lowest BCUT2D eigenvalue weighted by Crippen LogP contribution is -2.27. The number of hydrogen-bond acceptors (Lipinski definition) is 3. The van der Waals surface area contributed by atoms with Gasteiger partial charge in [-0.25, -0.2) is 0 Å². The molecule has 0 aliphatic heterocycles. The Morgan fingerprint density at radius 1 is 1.32 bits per heavy atom. The molecule has 0 aromatic carbocycles. The highest BCUT2D eigenvalue weighted by Gasteiger charge is 2.34. The minimum atomic E-state index is 0.836. The van der Waals surface area contributed by atoms with Gasteiger partial charge in [0, 0.05) is 24.7 Å². The molecule has 106 valence electrons. The van der Waals surface area contributed by atoms with Crippen LogP contribution in [0.1, 0.15) is 49.7 Å². The molecule has 3 heteroatoms. The van der Waals surface area contributed by atoms with E-state index < -0.39 is 0 Å². The van der Waals surface area contributed by atoms with Crippen molar-refractivity contribution < 1.29 is 4.42 Å². The van der Waals surface area contributed by atoms with Crippen molar-refractivity contribution in [3.05, 3.63) is 23.2 Å². The van der Waals surface area contributed by atoms with Crippen LogP contribution in [0.25, 0.3) is 0 Å². The van der Waals surface area contributed by atoms with Gasteiger partial charge in [-0.3, -0.25) is 4.90 Å². The number of nitrogens with one attached hydrogen (secondary N) is 1. The molecule has 2 aliphatic rings. The third kappa shape index (κ3) is 3.61. The van der Waals surface area contributed by atoms with E-state index in [0.29, 0.717) is 0 Å². The molecule has 1 aromatic heterocycles. The molecule has 3 nitrogen and oxygen atoms in total. The predicted molar refractivity (Wildman–Crippen MR) is 77.0 cm³/mol. The molecule has 0 spiro atoms. The maximum Gasteiger partial charge on any atom is 0.118 e. The van der Waals surface area contributed by atoms with Crippen LogP contribution in [0.5, 0.6) is 0 Å². The number of rotatable bonds is 8. The fourth-order valence-corrected chi connectivity index (χ4v) is 2.72. The van der Waals surface area contributed by atoms with Crippen LogP contribution >= 0.6 is 0 Å². The van der Waals surface area contributed by atoms with Gasteiger partial charge in [-0.1, -0.05) is 6.92 Å². The van der Waals surface area contributed by atoms with E-state index in [-0.39, 0.29) is 0 Å². The van der Waals surface area contributed by atoms with Crippen LogP contribution in [0.3, 0.4) is 0 Å². The molecule has 0 amide bonds. The number of aryl methyl sites for hydroxylation is 1. The van der Waals surface area contributed by atoms with E-state index in [2.05, 4.69) is 30.1 Å². The van der Waals surface area contributed by atoms with Crippen molar-refractivity contribution in [2.24, 2.45) is 5.92 Å². The molecular formula is C16H26N2O. The second-order valence-corrected chi connectivity index (χ2v) is 6.18. The monoisotopic (exact) mass is 262 g/mol. The number of nitrogens with zero attached hydrogens (tertiary/aromatic N) is 1. The quantitative estimate of drug-likeness (QED) is 0.780. The van der Waals surface area contributed by atoms with Crippen molar-refractivity contribution >= 4 is 0 Å². The lowest BCUT2D eigenvalue weighted by molar-refractivity contribution is 0.223. The third-order valence-electron chi connectivity index (χ3n) is 4.25. The van der Waals surface area contributed by atoms with Gasteiger partial charge in [0.1, 0.15) is 11.5 Å². The molecular weight excluding hydrogens is 236 g/mol. The summed E-state index contributed by atoms with van der Waals surface area (Å²) in [6.07, 6.45) is 5.64. The third-order valence-corrected chi connectivity index (χ3v) is 4.25. The first kappa shape index (κ1) is 13.2. The van der Waals surface area contributed by atoms with Gasteiger partial charge in [0.15, 0.2) is 0 Å². The maximum absolute atomic E-state index is 5.94. The van der Waals surface area contributed by atoms with Crippen LogP contribution in [0.4, 0.5) is 0 Å². The van der Waals surface area contributed by atoms with Crippen molar-refractivity contribution in [1.82, 2.24) is 10.2 Å². The van der Waals surface area contributed by atoms with Gasteiger partial charge in [0.25, 0.3) is 0 Å². The maximum atomic E-state index is 5.94. The van der Waals surface area contributed by atoms with Crippen molar-refractivity contribution in [2.75, 3.05) is 13.1 Å². The van der Waals surface area contributed by atoms with Crippen LogP contribution < -0.4 is 5.32 Å². The summed E-state index contributed by atoms with van der Waals surface area (Å²) in [7, 11) is 0. The van der Waals surface area contributed by atoms with E-state index in [1.54, 1.807) is 0 Å². The average Bonchev–Trinajstić information content (AvgIpc) is 3.25. The Morgan fingerprint density at radius 3 is 2.74 bits per heavy atom. The largest absolute Gasteiger partial charge is 0.465 e. The van der Waals surface area contributed by atoms with E-state index in [1.807, 2.05) is 0 Å². The SMILES string of the molecule is CCNCc1cc(CN(CC2CC2)C2CC2)oc1C. The highest BCUT2D eigenvalue weighted by Crippen LogP contribution is 2.35. The first-order valence-electron chi connectivity index (χ1n) is 7.79. The second-order valence-electron chi connectivity index (χ2n) is 6.18. The smallest absolute Gasteiger partial charge is 0.118 e. The van der Waals surface area contributed by atoms with Gasteiger partial charge < -0.3 is 9.73 Å². The van der Waals surface area contributed by atoms with Crippen molar-refractivity contribution in [2.45, 2.75) is 58.7 Å². The summed E-state index contributed by atoms with van der Waals surface area (Å²) in [6, 6.07) is 3.09. The molecule has 2 saturated carbocycles. The summed E-state index contributed by atoms with van der Waals surface area (Å²) >= 11 is 0. The molecule has 1 heterocycles. The molecule has 2 fully saturated rings. The zero-order valence-electron chi connectivity index (χ0n) is 12.2. The summed E-state index contributed by atoms with van der Waals surface area (Å²) in [4.78, 5) is 2.65. The predicted octanol–water partition coefficient (Wildman–Crippen LogP) is 3.07. The molecule has 0 atom stereocenters. The van der Waals surface area contributed by atoms with Gasteiger partial charge in [0.2, 0.25) is 0 Å². The minimum Gasteiger partial charge on any atom is -0.465 e. The van der Waals surface area contributed by atoms with Gasteiger partial charge >= 0.3 is 0 Å². The first-order chi connectivity index (χ1) is 9.26. The Bertz CT molecular complexity index is 418. The van der Waals surface area contributed by atoms with Crippen molar-refractivity contribution in [1.29, 1.82) is 0 Å².